The smallest absolute Gasteiger partial charge is 0.144 e. The quantitative estimate of drug-likeness (QED) is 0.213. The van der Waals surface area contributed by atoms with Crippen molar-refractivity contribution in [2.75, 3.05) is 0 Å². The van der Waals surface area contributed by atoms with Crippen molar-refractivity contribution in [3.05, 3.63) is 56.8 Å². The van der Waals surface area contributed by atoms with Crippen LogP contribution < -0.4 is 0 Å². The molecule has 0 nitrogen and oxygen atoms in total. The molecule has 0 spiro atoms. The van der Waals surface area contributed by atoms with Crippen molar-refractivity contribution in [1.82, 2.24) is 0 Å². The number of hydrogen-bond donors (Lipinski definition) is 0. The average molecular weight is 471 g/mol. The Bertz CT molecular complexity index is 1150. The molecule has 0 fully saturated rings. The lowest BCUT2D eigenvalue weighted by molar-refractivity contribution is 0.617. The molecule has 0 radical (unpaired) electrons. The Balaban J connectivity index is 1.76. The van der Waals surface area contributed by atoms with Crippen LogP contribution in [0.5, 0.6) is 0 Å². The molecule has 0 bridgehead atoms. The summed E-state index contributed by atoms with van der Waals surface area (Å²) < 4.78 is 32.4. The summed E-state index contributed by atoms with van der Waals surface area (Å²) in [5, 5.41) is 1.40. The fourth-order valence-electron chi connectivity index (χ4n) is 4.50. The number of aryl methyl sites for hydroxylation is 4. The second-order valence-corrected chi connectivity index (χ2v) is 11.2. The molecule has 4 aromatic rings. The Hall–Kier alpha value is -1.78. The van der Waals surface area contributed by atoms with Gasteiger partial charge in [-0.25, -0.2) is 8.78 Å². The second kappa shape index (κ2) is 10.0. The Morgan fingerprint density at radius 1 is 0.625 bits per heavy atom. The van der Waals surface area contributed by atoms with E-state index < -0.39 is 0 Å². The van der Waals surface area contributed by atoms with E-state index in [1.54, 1.807) is 22.7 Å². The van der Waals surface area contributed by atoms with Gasteiger partial charge in [-0.05, 0) is 86.1 Å². The van der Waals surface area contributed by atoms with Gasteiger partial charge in [0.15, 0.2) is 0 Å². The highest BCUT2D eigenvalue weighted by molar-refractivity contribution is 7.19. The van der Waals surface area contributed by atoms with Gasteiger partial charge in [-0.2, -0.15) is 0 Å². The third-order valence-corrected chi connectivity index (χ3v) is 8.76. The van der Waals surface area contributed by atoms with E-state index >= 15 is 8.78 Å². The number of hydrogen-bond acceptors (Lipinski definition) is 2. The van der Waals surface area contributed by atoms with Crippen LogP contribution >= 0.6 is 22.7 Å². The van der Waals surface area contributed by atoms with Gasteiger partial charge in [-0.15, -0.1) is 22.7 Å². The predicted molar refractivity (Wildman–Crippen MR) is 138 cm³/mol. The first-order chi connectivity index (χ1) is 15.4. The number of unbranched alkanes of at least 4 members (excludes halogenated alkanes) is 4. The van der Waals surface area contributed by atoms with Gasteiger partial charge < -0.3 is 0 Å². The van der Waals surface area contributed by atoms with Crippen LogP contribution in [-0.4, -0.2) is 0 Å². The number of rotatable bonds is 9. The molecule has 0 aliphatic heterocycles. The topological polar surface area (TPSA) is 0 Å². The van der Waals surface area contributed by atoms with Crippen molar-refractivity contribution in [2.24, 2.45) is 0 Å². The molecule has 0 unspecified atom stereocenters. The third kappa shape index (κ3) is 4.49. The van der Waals surface area contributed by atoms with Crippen LogP contribution in [0.25, 0.3) is 31.3 Å². The highest BCUT2D eigenvalue weighted by Gasteiger charge is 2.18. The van der Waals surface area contributed by atoms with Crippen LogP contribution in [0.15, 0.2) is 24.3 Å². The van der Waals surface area contributed by atoms with Gasteiger partial charge in [0.05, 0.1) is 0 Å². The highest BCUT2D eigenvalue weighted by Crippen LogP contribution is 2.40. The lowest BCUT2D eigenvalue weighted by Crippen LogP contribution is -1.89. The van der Waals surface area contributed by atoms with Crippen LogP contribution in [0.3, 0.4) is 0 Å². The molecule has 0 aliphatic carbocycles. The largest absolute Gasteiger partial charge is 0.205 e. The van der Waals surface area contributed by atoms with Gasteiger partial charge in [0.1, 0.15) is 11.6 Å². The molecule has 2 aromatic heterocycles. The van der Waals surface area contributed by atoms with Crippen molar-refractivity contribution in [3.8, 4) is 11.1 Å². The molecule has 170 valence electrons. The highest BCUT2D eigenvalue weighted by atomic mass is 32.1. The van der Waals surface area contributed by atoms with E-state index in [0.717, 1.165) is 92.8 Å². The SMILES string of the molecule is CCCCCc1sc2cc(C)c(-c3cc4c(F)c(CCCCC)sc4cc3C)cc2c1F. The molecule has 2 aromatic carbocycles. The van der Waals surface area contributed by atoms with Gasteiger partial charge in [0, 0.05) is 29.9 Å². The summed E-state index contributed by atoms with van der Waals surface area (Å²) in [7, 11) is 0. The van der Waals surface area contributed by atoms with Crippen LogP contribution in [-0.2, 0) is 12.8 Å². The van der Waals surface area contributed by atoms with E-state index in [1.807, 2.05) is 12.1 Å². The first-order valence-corrected chi connectivity index (χ1v) is 13.5. The molecule has 32 heavy (non-hydrogen) atoms. The minimum atomic E-state index is -0.0685. The molecule has 0 atom stereocenters. The summed E-state index contributed by atoms with van der Waals surface area (Å²) in [4.78, 5) is 1.72. The molecule has 0 aliphatic rings. The normalized spacial score (nSPS) is 11.8. The Kier molecular flexibility index (Phi) is 7.31. The zero-order chi connectivity index (χ0) is 22.8. The maximum atomic E-state index is 15.2. The number of halogens is 2. The first kappa shape index (κ1) is 23.4. The number of benzene rings is 2. The minimum Gasteiger partial charge on any atom is -0.205 e. The zero-order valence-corrected chi connectivity index (χ0v) is 21.2. The molecule has 0 N–H and O–H groups in total. The molecule has 0 saturated carbocycles. The molecule has 2 heterocycles. The Morgan fingerprint density at radius 3 is 1.41 bits per heavy atom. The Morgan fingerprint density at radius 2 is 1.03 bits per heavy atom. The maximum absolute atomic E-state index is 15.2. The second-order valence-electron chi connectivity index (χ2n) is 8.92. The standard InChI is InChI=1S/C28H32F2S2/c1-5-7-9-11-23-27(29)21-15-19(17(3)13-25(21)31-23)20-16-22-26(14-18(20)4)32-24(28(22)30)12-10-8-6-2/h13-16H,5-12H2,1-4H3. The molecular formula is C28H32F2S2. The van der Waals surface area contributed by atoms with Crippen molar-refractivity contribution in [3.63, 3.8) is 0 Å². The van der Waals surface area contributed by atoms with Crippen LogP contribution in [0.1, 0.15) is 73.3 Å². The summed E-state index contributed by atoms with van der Waals surface area (Å²) in [6.07, 6.45) is 8.19. The fraction of sp³-hybridized carbons (Fsp3) is 0.429. The minimum absolute atomic E-state index is 0.0685. The van der Waals surface area contributed by atoms with Gasteiger partial charge in [-0.1, -0.05) is 39.5 Å². The number of thiophene rings is 2. The van der Waals surface area contributed by atoms with Gasteiger partial charge in [0.25, 0.3) is 0 Å². The molecule has 4 heteroatoms. The average Bonchev–Trinajstić information content (AvgIpc) is 3.23. The summed E-state index contributed by atoms with van der Waals surface area (Å²) in [5.41, 5.74) is 4.24. The van der Waals surface area contributed by atoms with Crippen molar-refractivity contribution in [1.29, 1.82) is 0 Å². The van der Waals surface area contributed by atoms with Crippen molar-refractivity contribution < 1.29 is 8.78 Å². The third-order valence-electron chi connectivity index (χ3n) is 6.39. The zero-order valence-electron chi connectivity index (χ0n) is 19.5. The monoisotopic (exact) mass is 470 g/mol. The van der Waals surface area contributed by atoms with Crippen molar-refractivity contribution >= 4 is 42.8 Å². The van der Waals surface area contributed by atoms with E-state index in [0.29, 0.717) is 10.8 Å². The lowest BCUT2D eigenvalue weighted by Gasteiger charge is -2.11. The van der Waals surface area contributed by atoms with Gasteiger partial charge in [0.2, 0.25) is 0 Å². The van der Waals surface area contributed by atoms with Crippen LogP contribution in [0.2, 0.25) is 0 Å². The van der Waals surface area contributed by atoms with Crippen LogP contribution in [0.4, 0.5) is 8.78 Å². The first-order valence-electron chi connectivity index (χ1n) is 11.9. The summed E-state index contributed by atoms with van der Waals surface area (Å²) in [6.45, 7) is 8.49. The molecular weight excluding hydrogens is 438 g/mol. The van der Waals surface area contributed by atoms with E-state index in [4.69, 9.17) is 0 Å². The van der Waals surface area contributed by atoms with Gasteiger partial charge >= 0.3 is 0 Å². The predicted octanol–water partition coefficient (Wildman–Crippen LogP) is 10.1. The summed E-state index contributed by atoms with van der Waals surface area (Å²) >= 11 is 3.16. The van der Waals surface area contributed by atoms with Crippen molar-refractivity contribution in [2.45, 2.75) is 79.1 Å². The fourth-order valence-corrected chi connectivity index (χ4v) is 6.91. The molecule has 0 amide bonds. The Labute approximate surface area is 198 Å². The summed E-state index contributed by atoms with van der Waals surface area (Å²) in [6, 6.07) is 8.18. The lowest BCUT2D eigenvalue weighted by atomic mass is 9.94. The molecule has 0 saturated heterocycles. The van der Waals surface area contributed by atoms with Crippen LogP contribution in [0, 0.1) is 25.5 Å². The van der Waals surface area contributed by atoms with E-state index in [2.05, 4.69) is 39.8 Å². The van der Waals surface area contributed by atoms with E-state index in [9.17, 15) is 0 Å². The maximum Gasteiger partial charge on any atom is 0.144 e. The molecule has 4 rings (SSSR count). The number of fused-ring (bicyclic) bond motifs is 2. The van der Waals surface area contributed by atoms with E-state index in [1.165, 1.54) is 0 Å². The van der Waals surface area contributed by atoms with E-state index in [-0.39, 0.29) is 11.6 Å². The van der Waals surface area contributed by atoms with Gasteiger partial charge in [-0.3, -0.25) is 0 Å². The summed E-state index contributed by atoms with van der Waals surface area (Å²) in [5.74, 6) is -0.137.